The predicted octanol–water partition coefficient (Wildman–Crippen LogP) is 4.24. The van der Waals surface area contributed by atoms with Crippen LogP contribution in [0.5, 0.6) is 0 Å². The molecule has 0 saturated heterocycles. The second kappa shape index (κ2) is 13.2. The smallest absolute Gasteiger partial charge is 0.242 e. The number of sulfonamides is 1. The van der Waals surface area contributed by atoms with E-state index in [-0.39, 0.29) is 31.3 Å². The van der Waals surface area contributed by atoms with Crippen molar-refractivity contribution in [1.82, 2.24) is 10.2 Å². The number of rotatable bonds is 12. The Labute approximate surface area is 226 Å². The molecule has 0 aliphatic rings. The SMILES string of the molecule is CNC(=O)[C@H](Cc1ccccc1)N(Cc1ccc(C)cc1)C(=O)CCCN(c1cccc(C)c1)S(C)(=O)=O. The molecule has 1 atom stereocenters. The van der Waals surface area contributed by atoms with E-state index in [9.17, 15) is 18.0 Å². The van der Waals surface area contributed by atoms with Gasteiger partial charge in [-0.05, 0) is 49.1 Å². The predicted molar refractivity (Wildman–Crippen MR) is 152 cm³/mol. The van der Waals surface area contributed by atoms with Crippen LogP contribution in [0, 0.1) is 13.8 Å². The van der Waals surface area contributed by atoms with Gasteiger partial charge in [-0.25, -0.2) is 8.42 Å². The van der Waals surface area contributed by atoms with Crippen LogP contribution >= 0.6 is 0 Å². The third-order valence-electron chi connectivity index (χ3n) is 6.43. The molecule has 38 heavy (non-hydrogen) atoms. The maximum absolute atomic E-state index is 13.7. The van der Waals surface area contributed by atoms with E-state index in [0.29, 0.717) is 18.5 Å². The number of hydrogen-bond acceptors (Lipinski definition) is 4. The van der Waals surface area contributed by atoms with E-state index >= 15 is 0 Å². The molecule has 2 amide bonds. The Morgan fingerprint density at radius 1 is 0.868 bits per heavy atom. The van der Waals surface area contributed by atoms with Crippen LogP contribution in [-0.2, 0) is 32.6 Å². The van der Waals surface area contributed by atoms with Gasteiger partial charge in [0.15, 0.2) is 0 Å². The minimum Gasteiger partial charge on any atom is -0.357 e. The summed E-state index contributed by atoms with van der Waals surface area (Å²) < 4.78 is 26.4. The van der Waals surface area contributed by atoms with Gasteiger partial charge in [0.1, 0.15) is 6.04 Å². The van der Waals surface area contributed by atoms with Crippen molar-refractivity contribution in [3.63, 3.8) is 0 Å². The molecule has 0 aliphatic carbocycles. The van der Waals surface area contributed by atoms with Crippen LogP contribution in [0.15, 0.2) is 78.9 Å². The number of aryl methyl sites for hydroxylation is 2. The third-order valence-corrected chi connectivity index (χ3v) is 7.63. The summed E-state index contributed by atoms with van der Waals surface area (Å²) >= 11 is 0. The van der Waals surface area contributed by atoms with Crippen molar-refractivity contribution in [2.24, 2.45) is 0 Å². The van der Waals surface area contributed by atoms with Gasteiger partial charge in [0.2, 0.25) is 21.8 Å². The van der Waals surface area contributed by atoms with E-state index in [1.54, 1.807) is 18.0 Å². The van der Waals surface area contributed by atoms with Crippen molar-refractivity contribution < 1.29 is 18.0 Å². The molecular formula is C30H37N3O4S. The molecule has 0 saturated carbocycles. The van der Waals surface area contributed by atoms with E-state index in [1.807, 2.05) is 86.6 Å². The number of likely N-dealkylation sites (N-methyl/N-ethyl adjacent to an activating group) is 1. The average molecular weight is 536 g/mol. The topological polar surface area (TPSA) is 86.8 Å². The van der Waals surface area contributed by atoms with Gasteiger partial charge in [-0.2, -0.15) is 0 Å². The number of nitrogens with one attached hydrogen (secondary N) is 1. The maximum Gasteiger partial charge on any atom is 0.242 e. The number of benzene rings is 3. The quantitative estimate of drug-likeness (QED) is 0.376. The monoisotopic (exact) mass is 535 g/mol. The maximum atomic E-state index is 13.7. The lowest BCUT2D eigenvalue weighted by Gasteiger charge is -2.31. The Bertz CT molecular complexity index is 1330. The van der Waals surface area contributed by atoms with Gasteiger partial charge in [0.25, 0.3) is 0 Å². The van der Waals surface area contributed by atoms with Crippen LogP contribution in [0.1, 0.15) is 35.1 Å². The Kier molecular flexibility index (Phi) is 10.1. The fourth-order valence-corrected chi connectivity index (χ4v) is 5.36. The zero-order valence-electron chi connectivity index (χ0n) is 22.6. The molecule has 0 heterocycles. The Morgan fingerprint density at radius 3 is 2.16 bits per heavy atom. The Balaban J connectivity index is 1.84. The fraction of sp³-hybridized carbons (Fsp3) is 0.333. The first kappa shape index (κ1) is 28.9. The minimum atomic E-state index is -3.54. The second-order valence-electron chi connectivity index (χ2n) is 9.60. The molecule has 0 radical (unpaired) electrons. The van der Waals surface area contributed by atoms with Gasteiger partial charge < -0.3 is 10.2 Å². The summed E-state index contributed by atoms with van der Waals surface area (Å²) in [4.78, 5) is 28.3. The number of carbonyl (C=O) groups is 2. The molecule has 0 fully saturated rings. The van der Waals surface area contributed by atoms with Crippen molar-refractivity contribution in [3.8, 4) is 0 Å². The van der Waals surface area contributed by atoms with E-state index in [4.69, 9.17) is 0 Å². The molecule has 0 aromatic heterocycles. The number of amides is 2. The summed E-state index contributed by atoms with van der Waals surface area (Å²) in [6, 6.07) is 24.1. The van der Waals surface area contributed by atoms with Crippen LogP contribution in [0.4, 0.5) is 5.69 Å². The van der Waals surface area contributed by atoms with Gasteiger partial charge in [-0.15, -0.1) is 0 Å². The first-order valence-corrected chi connectivity index (χ1v) is 14.6. The van der Waals surface area contributed by atoms with Crippen LogP contribution in [0.25, 0.3) is 0 Å². The number of nitrogens with zero attached hydrogens (tertiary/aromatic N) is 2. The molecule has 0 bridgehead atoms. The fourth-order valence-electron chi connectivity index (χ4n) is 4.40. The second-order valence-corrected chi connectivity index (χ2v) is 11.5. The molecule has 3 rings (SSSR count). The van der Waals surface area contributed by atoms with Crippen LogP contribution in [0.3, 0.4) is 0 Å². The summed E-state index contributed by atoms with van der Waals surface area (Å²) in [6.07, 6.45) is 1.96. The standard InChI is InChI=1S/C30H37N3O4S/c1-23-15-17-26(18-16-23)22-32(28(30(35)31-3)21-25-11-6-5-7-12-25)29(34)14-9-19-33(38(4,36)37)27-13-8-10-24(2)20-27/h5-8,10-13,15-18,20,28H,9,14,19,21-22H2,1-4H3,(H,31,35)/t28-/m0/s1. The third kappa shape index (κ3) is 8.18. The lowest BCUT2D eigenvalue weighted by molar-refractivity contribution is -0.141. The molecule has 1 N–H and O–H groups in total. The summed E-state index contributed by atoms with van der Waals surface area (Å²) in [5.74, 6) is -0.445. The van der Waals surface area contributed by atoms with E-state index in [0.717, 1.165) is 22.3 Å². The lowest BCUT2D eigenvalue weighted by atomic mass is 10.0. The summed E-state index contributed by atoms with van der Waals surface area (Å²) in [7, 11) is -1.97. The van der Waals surface area contributed by atoms with Gasteiger partial charge in [-0.3, -0.25) is 13.9 Å². The van der Waals surface area contributed by atoms with Crippen molar-refractivity contribution >= 4 is 27.5 Å². The Morgan fingerprint density at radius 2 is 1.55 bits per heavy atom. The number of hydrogen-bond donors (Lipinski definition) is 1. The highest BCUT2D eigenvalue weighted by Gasteiger charge is 2.30. The number of anilines is 1. The van der Waals surface area contributed by atoms with E-state index in [1.165, 1.54) is 10.6 Å². The van der Waals surface area contributed by atoms with Gasteiger partial charge in [0, 0.05) is 33.0 Å². The van der Waals surface area contributed by atoms with Crippen LogP contribution < -0.4 is 9.62 Å². The zero-order valence-corrected chi connectivity index (χ0v) is 23.4. The highest BCUT2D eigenvalue weighted by Crippen LogP contribution is 2.21. The molecule has 3 aromatic carbocycles. The summed E-state index contributed by atoms with van der Waals surface area (Å²) in [5.41, 5.74) is 4.50. The average Bonchev–Trinajstić information content (AvgIpc) is 2.89. The van der Waals surface area contributed by atoms with Crippen molar-refractivity contribution in [1.29, 1.82) is 0 Å². The molecule has 7 nitrogen and oxygen atoms in total. The number of carbonyl (C=O) groups excluding carboxylic acids is 2. The molecular weight excluding hydrogens is 498 g/mol. The Hall–Kier alpha value is -3.65. The van der Waals surface area contributed by atoms with Crippen LogP contribution in [-0.4, -0.2) is 51.0 Å². The van der Waals surface area contributed by atoms with Crippen molar-refractivity contribution in [2.75, 3.05) is 24.2 Å². The van der Waals surface area contributed by atoms with Gasteiger partial charge in [0.05, 0.1) is 11.9 Å². The van der Waals surface area contributed by atoms with Crippen molar-refractivity contribution in [3.05, 3.63) is 101 Å². The highest BCUT2D eigenvalue weighted by atomic mass is 32.2. The first-order valence-electron chi connectivity index (χ1n) is 12.7. The molecule has 0 aliphatic heterocycles. The first-order chi connectivity index (χ1) is 18.1. The summed E-state index contributed by atoms with van der Waals surface area (Å²) in [6.45, 7) is 4.34. The molecule has 0 unspecified atom stereocenters. The van der Waals surface area contributed by atoms with Crippen molar-refractivity contribution in [2.45, 2.75) is 45.7 Å². The molecule has 202 valence electrons. The molecule has 8 heteroatoms. The van der Waals surface area contributed by atoms with Gasteiger partial charge in [-0.1, -0.05) is 72.3 Å². The highest BCUT2D eigenvalue weighted by molar-refractivity contribution is 7.92. The van der Waals surface area contributed by atoms with E-state index in [2.05, 4.69) is 5.32 Å². The van der Waals surface area contributed by atoms with Crippen LogP contribution in [0.2, 0.25) is 0 Å². The zero-order chi connectivity index (χ0) is 27.7. The molecule has 3 aromatic rings. The van der Waals surface area contributed by atoms with E-state index < -0.39 is 16.1 Å². The summed E-state index contributed by atoms with van der Waals surface area (Å²) in [5, 5.41) is 2.72. The lowest BCUT2D eigenvalue weighted by Crippen LogP contribution is -2.49. The van der Waals surface area contributed by atoms with Gasteiger partial charge >= 0.3 is 0 Å². The normalized spacial score (nSPS) is 12.0. The minimum absolute atomic E-state index is 0.103. The molecule has 0 spiro atoms. The largest absolute Gasteiger partial charge is 0.357 e.